The first-order chi connectivity index (χ1) is 13.1. The van der Waals surface area contributed by atoms with Gasteiger partial charge in [0, 0.05) is 11.1 Å². The zero-order chi connectivity index (χ0) is 19.2. The third-order valence-corrected chi connectivity index (χ3v) is 4.39. The van der Waals surface area contributed by atoms with Crippen LogP contribution in [0.2, 0.25) is 5.02 Å². The maximum absolute atomic E-state index is 12.7. The number of carbonyl (C=O) groups is 1. The Morgan fingerprint density at radius 1 is 1.07 bits per heavy atom. The molecule has 0 aliphatic rings. The third-order valence-electron chi connectivity index (χ3n) is 4.16. The van der Waals surface area contributed by atoms with Gasteiger partial charge in [0.2, 0.25) is 0 Å². The maximum atomic E-state index is 12.7. The zero-order valence-corrected chi connectivity index (χ0v) is 15.5. The number of hydrogen-bond donors (Lipinski definition) is 3. The lowest BCUT2D eigenvalue weighted by Gasteiger charge is -2.14. The molecule has 5 nitrogen and oxygen atoms in total. The number of anilines is 1. The van der Waals surface area contributed by atoms with Gasteiger partial charge < -0.3 is 20.9 Å². The fraction of sp³-hybridized carbons (Fsp3) is 0.190. The van der Waals surface area contributed by atoms with E-state index in [2.05, 4.69) is 5.32 Å². The number of nitrogens with one attached hydrogen (secondary N) is 1. The molecule has 0 aromatic heterocycles. The number of hydrogen-bond acceptors (Lipinski definition) is 4. The normalized spacial score (nSPS) is 10.7. The van der Waals surface area contributed by atoms with Crippen LogP contribution in [0.5, 0.6) is 11.5 Å². The molecule has 0 unspecified atom stereocenters. The lowest BCUT2D eigenvalue weighted by atomic mass is 10.1. The predicted octanol–water partition coefficient (Wildman–Crippen LogP) is 4.57. The average Bonchev–Trinajstić information content (AvgIpc) is 2.66. The molecule has 0 aliphatic heterocycles. The van der Waals surface area contributed by atoms with Crippen LogP contribution < -0.4 is 15.8 Å². The van der Waals surface area contributed by atoms with Gasteiger partial charge in [0.15, 0.2) is 0 Å². The molecule has 0 saturated heterocycles. The van der Waals surface area contributed by atoms with E-state index >= 15 is 0 Å². The van der Waals surface area contributed by atoms with Crippen molar-refractivity contribution in [3.8, 4) is 11.5 Å². The molecule has 3 aromatic rings. The van der Waals surface area contributed by atoms with Crippen molar-refractivity contribution in [2.75, 3.05) is 18.5 Å². The van der Waals surface area contributed by atoms with Gasteiger partial charge in [-0.05, 0) is 54.4 Å². The molecule has 6 heteroatoms. The summed E-state index contributed by atoms with van der Waals surface area (Å²) >= 11 is 6.05. The Morgan fingerprint density at radius 2 is 1.81 bits per heavy atom. The van der Waals surface area contributed by atoms with E-state index in [1.807, 2.05) is 24.3 Å². The number of halogens is 1. The number of fused-ring (bicyclic) bond motifs is 1. The molecular weight excluding hydrogens is 364 g/mol. The highest BCUT2D eigenvalue weighted by atomic mass is 35.5. The predicted molar refractivity (Wildman–Crippen MR) is 109 cm³/mol. The highest BCUT2D eigenvalue weighted by molar-refractivity contribution is 6.30. The topological polar surface area (TPSA) is 84.6 Å². The molecule has 4 N–H and O–H groups in total. The van der Waals surface area contributed by atoms with Crippen LogP contribution in [0.3, 0.4) is 0 Å². The van der Waals surface area contributed by atoms with Crippen LogP contribution >= 0.6 is 11.6 Å². The number of unbranched alkanes of at least 4 members (excludes halogenated alkanes) is 1. The standard InChI is InChI=1S/C21H21ClN2O3/c22-16-7-8-18(20(13-16)27-10-4-3-9-23)24-21(26)17-11-14-5-1-2-6-15(14)12-19(17)25/h1-2,5-8,11-13,25H,3-4,9-10,23H2,(H,24,26). The number of benzene rings is 3. The Hall–Kier alpha value is -2.76. The molecule has 0 heterocycles. The number of amides is 1. The summed E-state index contributed by atoms with van der Waals surface area (Å²) < 4.78 is 5.74. The number of nitrogens with two attached hydrogens (primary N) is 1. The molecule has 3 aromatic carbocycles. The molecule has 0 bridgehead atoms. The summed E-state index contributed by atoms with van der Waals surface area (Å²) in [4.78, 5) is 12.7. The summed E-state index contributed by atoms with van der Waals surface area (Å²) in [6.07, 6.45) is 1.66. The molecule has 0 fully saturated rings. The minimum atomic E-state index is -0.424. The number of aromatic hydroxyl groups is 1. The Balaban J connectivity index is 1.82. The second kappa shape index (κ2) is 8.75. The van der Waals surface area contributed by atoms with Gasteiger partial charge in [-0.15, -0.1) is 0 Å². The Labute approximate surface area is 162 Å². The smallest absolute Gasteiger partial charge is 0.259 e. The quantitative estimate of drug-likeness (QED) is 0.521. The molecule has 0 atom stereocenters. The number of rotatable bonds is 7. The van der Waals surface area contributed by atoms with Crippen molar-refractivity contribution < 1.29 is 14.6 Å². The Kier molecular flexibility index (Phi) is 6.16. The van der Waals surface area contributed by atoms with Gasteiger partial charge >= 0.3 is 0 Å². The van der Waals surface area contributed by atoms with Crippen LogP contribution in [0.15, 0.2) is 54.6 Å². The maximum Gasteiger partial charge on any atom is 0.259 e. The van der Waals surface area contributed by atoms with Gasteiger partial charge in [0.05, 0.1) is 17.9 Å². The number of phenolic OH excluding ortho intramolecular Hbond substituents is 1. The van der Waals surface area contributed by atoms with E-state index in [0.717, 1.165) is 23.6 Å². The van der Waals surface area contributed by atoms with Crippen molar-refractivity contribution in [3.05, 3.63) is 65.2 Å². The fourth-order valence-corrected chi connectivity index (χ4v) is 2.91. The molecule has 3 rings (SSSR count). The first kappa shape index (κ1) is 19.0. The van der Waals surface area contributed by atoms with E-state index in [1.165, 1.54) is 0 Å². The second-order valence-electron chi connectivity index (χ2n) is 6.16. The van der Waals surface area contributed by atoms with Crippen LogP contribution in [0.25, 0.3) is 10.8 Å². The molecule has 0 saturated carbocycles. The Morgan fingerprint density at radius 3 is 2.56 bits per heavy atom. The summed E-state index contributed by atoms with van der Waals surface area (Å²) in [7, 11) is 0. The number of carbonyl (C=O) groups excluding carboxylic acids is 1. The summed E-state index contributed by atoms with van der Waals surface area (Å²) in [5, 5.41) is 15.3. The van der Waals surface area contributed by atoms with Crippen LogP contribution in [0.4, 0.5) is 5.69 Å². The van der Waals surface area contributed by atoms with Gasteiger partial charge in [-0.25, -0.2) is 0 Å². The molecule has 0 spiro atoms. The average molecular weight is 385 g/mol. The molecule has 140 valence electrons. The van der Waals surface area contributed by atoms with E-state index in [-0.39, 0.29) is 11.3 Å². The van der Waals surface area contributed by atoms with E-state index in [9.17, 15) is 9.90 Å². The van der Waals surface area contributed by atoms with Crippen molar-refractivity contribution in [2.45, 2.75) is 12.8 Å². The van der Waals surface area contributed by atoms with Gasteiger partial charge in [0.1, 0.15) is 11.5 Å². The Bertz CT molecular complexity index is 959. The van der Waals surface area contributed by atoms with Gasteiger partial charge in [-0.1, -0.05) is 35.9 Å². The van der Waals surface area contributed by atoms with Gasteiger partial charge in [-0.3, -0.25) is 4.79 Å². The lowest BCUT2D eigenvalue weighted by molar-refractivity contribution is 0.102. The van der Waals surface area contributed by atoms with Gasteiger partial charge in [0.25, 0.3) is 5.91 Å². The molecule has 27 heavy (non-hydrogen) atoms. The summed E-state index contributed by atoms with van der Waals surface area (Å²) in [6.45, 7) is 1.07. The monoisotopic (exact) mass is 384 g/mol. The van der Waals surface area contributed by atoms with Crippen molar-refractivity contribution in [1.82, 2.24) is 0 Å². The van der Waals surface area contributed by atoms with Crippen molar-refractivity contribution in [1.29, 1.82) is 0 Å². The molecule has 0 radical (unpaired) electrons. The highest BCUT2D eigenvalue weighted by Gasteiger charge is 2.15. The van der Waals surface area contributed by atoms with Crippen molar-refractivity contribution in [2.24, 2.45) is 5.73 Å². The van der Waals surface area contributed by atoms with Crippen LogP contribution in [-0.4, -0.2) is 24.2 Å². The van der Waals surface area contributed by atoms with Crippen LogP contribution in [0, 0.1) is 0 Å². The van der Waals surface area contributed by atoms with E-state index in [0.29, 0.717) is 29.6 Å². The van der Waals surface area contributed by atoms with Crippen LogP contribution in [-0.2, 0) is 0 Å². The lowest BCUT2D eigenvalue weighted by Crippen LogP contribution is -2.13. The summed E-state index contributed by atoms with van der Waals surface area (Å²) in [5.41, 5.74) is 6.17. The van der Waals surface area contributed by atoms with Crippen LogP contribution in [0.1, 0.15) is 23.2 Å². The molecule has 1 amide bonds. The summed E-state index contributed by atoms with van der Waals surface area (Å²) in [5.74, 6) is -0.0221. The van der Waals surface area contributed by atoms with Crippen molar-refractivity contribution >= 4 is 34.0 Å². The van der Waals surface area contributed by atoms with Crippen molar-refractivity contribution in [3.63, 3.8) is 0 Å². The zero-order valence-electron chi connectivity index (χ0n) is 14.7. The minimum Gasteiger partial charge on any atom is -0.507 e. The van der Waals surface area contributed by atoms with E-state index < -0.39 is 5.91 Å². The number of ether oxygens (including phenoxy) is 1. The van der Waals surface area contributed by atoms with E-state index in [1.54, 1.807) is 30.3 Å². The molecule has 0 aliphatic carbocycles. The molecular formula is C21H21ClN2O3. The first-order valence-corrected chi connectivity index (χ1v) is 9.12. The largest absolute Gasteiger partial charge is 0.507 e. The van der Waals surface area contributed by atoms with Gasteiger partial charge in [-0.2, -0.15) is 0 Å². The highest BCUT2D eigenvalue weighted by Crippen LogP contribution is 2.31. The fourth-order valence-electron chi connectivity index (χ4n) is 2.75. The summed E-state index contributed by atoms with van der Waals surface area (Å²) in [6, 6.07) is 15.8. The SMILES string of the molecule is NCCCCOc1cc(Cl)ccc1NC(=O)c1cc2ccccc2cc1O. The minimum absolute atomic E-state index is 0.0782. The number of phenols is 1. The third kappa shape index (κ3) is 4.70. The van der Waals surface area contributed by atoms with E-state index in [4.69, 9.17) is 22.1 Å². The first-order valence-electron chi connectivity index (χ1n) is 8.74. The second-order valence-corrected chi connectivity index (χ2v) is 6.59.